The van der Waals surface area contributed by atoms with Crippen LogP contribution in [0.1, 0.15) is 10.4 Å². The predicted octanol–water partition coefficient (Wildman–Crippen LogP) is 3.20. The van der Waals surface area contributed by atoms with E-state index in [0.29, 0.717) is 48.5 Å². The van der Waals surface area contributed by atoms with Crippen LogP contribution in [0.2, 0.25) is 0 Å². The number of nitrogens with one attached hydrogen (secondary N) is 1. The van der Waals surface area contributed by atoms with Gasteiger partial charge in [-0.05, 0) is 54.6 Å². The molecule has 1 saturated heterocycles. The number of carbonyl (C=O) groups excluding carboxylic acids is 2. The number of anilines is 2. The number of hydrogen-bond donors (Lipinski definition) is 1. The van der Waals surface area contributed by atoms with Gasteiger partial charge in [0.1, 0.15) is 12.3 Å². The first kappa shape index (κ1) is 23.2. The van der Waals surface area contributed by atoms with Crippen molar-refractivity contribution in [3.63, 3.8) is 0 Å². The molecule has 5 rings (SSSR count). The van der Waals surface area contributed by atoms with Crippen molar-refractivity contribution < 1.29 is 18.7 Å². The third kappa shape index (κ3) is 4.81. The first-order valence-electron chi connectivity index (χ1n) is 11.7. The van der Waals surface area contributed by atoms with Crippen molar-refractivity contribution in [2.75, 3.05) is 43.5 Å². The Morgan fingerprint density at radius 3 is 2.36 bits per heavy atom. The van der Waals surface area contributed by atoms with Crippen molar-refractivity contribution >= 4 is 34.3 Å². The van der Waals surface area contributed by atoms with Crippen LogP contribution >= 0.6 is 0 Å². The standard InChI is InChI=1S/C27H26N4O5/c1-35-22-10-8-21(9-11-22)29-13-15-30(16-14-29)25(32)18-31-23-17-19(7-12-24(23)36-27(31)34)26(33)28-20-5-3-2-4-6-20/h2-12,17H,13-16,18H2,1H3,(H,28,33). The smallest absolute Gasteiger partial charge is 0.420 e. The number of amides is 2. The summed E-state index contributed by atoms with van der Waals surface area (Å²) in [4.78, 5) is 42.3. The molecular weight excluding hydrogens is 460 g/mol. The molecule has 1 aliphatic rings. The number of para-hydroxylation sites is 1. The summed E-state index contributed by atoms with van der Waals surface area (Å²) in [6, 6.07) is 21.7. The van der Waals surface area contributed by atoms with Gasteiger partial charge in [0, 0.05) is 43.1 Å². The van der Waals surface area contributed by atoms with Crippen molar-refractivity contribution in [3.8, 4) is 5.75 Å². The Kier molecular flexibility index (Phi) is 6.44. The number of ether oxygens (including phenoxy) is 1. The Morgan fingerprint density at radius 1 is 0.944 bits per heavy atom. The topological polar surface area (TPSA) is 97.0 Å². The average molecular weight is 487 g/mol. The molecule has 1 N–H and O–H groups in total. The lowest BCUT2D eigenvalue weighted by atomic mass is 10.2. The van der Waals surface area contributed by atoms with Crippen molar-refractivity contribution in [2.24, 2.45) is 0 Å². The van der Waals surface area contributed by atoms with Gasteiger partial charge in [-0.25, -0.2) is 4.79 Å². The van der Waals surface area contributed by atoms with Crippen molar-refractivity contribution in [1.29, 1.82) is 0 Å². The van der Waals surface area contributed by atoms with Crippen LogP contribution in [-0.4, -0.2) is 54.6 Å². The quantitative estimate of drug-likeness (QED) is 0.450. The molecule has 0 aliphatic carbocycles. The highest BCUT2D eigenvalue weighted by molar-refractivity contribution is 6.05. The maximum Gasteiger partial charge on any atom is 0.420 e. The maximum absolute atomic E-state index is 13.1. The van der Waals surface area contributed by atoms with Gasteiger partial charge in [0.2, 0.25) is 5.91 Å². The van der Waals surface area contributed by atoms with Crippen LogP contribution in [0, 0.1) is 0 Å². The molecule has 0 radical (unpaired) electrons. The van der Waals surface area contributed by atoms with E-state index in [1.807, 2.05) is 42.5 Å². The van der Waals surface area contributed by atoms with E-state index < -0.39 is 5.76 Å². The number of oxazole rings is 1. The number of aromatic nitrogens is 1. The SMILES string of the molecule is COc1ccc(N2CCN(C(=O)Cn3c(=O)oc4ccc(C(=O)Nc5ccccc5)cc43)CC2)cc1. The van der Waals surface area contributed by atoms with Gasteiger partial charge >= 0.3 is 5.76 Å². The second-order valence-corrected chi connectivity index (χ2v) is 8.52. The molecular formula is C27H26N4O5. The zero-order valence-electron chi connectivity index (χ0n) is 19.8. The molecule has 184 valence electrons. The maximum atomic E-state index is 13.1. The molecule has 2 heterocycles. The predicted molar refractivity (Wildman–Crippen MR) is 137 cm³/mol. The number of benzene rings is 3. The molecule has 9 nitrogen and oxygen atoms in total. The summed E-state index contributed by atoms with van der Waals surface area (Å²) in [5.41, 5.74) is 2.83. The number of hydrogen-bond acceptors (Lipinski definition) is 6. The first-order valence-corrected chi connectivity index (χ1v) is 11.7. The number of piperazine rings is 1. The Morgan fingerprint density at radius 2 is 1.67 bits per heavy atom. The van der Waals surface area contributed by atoms with Gasteiger partial charge < -0.3 is 24.3 Å². The van der Waals surface area contributed by atoms with E-state index in [4.69, 9.17) is 9.15 Å². The molecule has 36 heavy (non-hydrogen) atoms. The third-order valence-corrected chi connectivity index (χ3v) is 6.32. The first-order chi connectivity index (χ1) is 17.5. The highest BCUT2D eigenvalue weighted by Gasteiger charge is 2.23. The molecule has 1 aliphatic heterocycles. The Bertz CT molecular complexity index is 1430. The van der Waals surface area contributed by atoms with Gasteiger partial charge in [0.25, 0.3) is 5.91 Å². The lowest BCUT2D eigenvalue weighted by molar-refractivity contribution is -0.132. The molecule has 2 amide bonds. The lowest BCUT2D eigenvalue weighted by Crippen LogP contribution is -2.50. The van der Waals surface area contributed by atoms with Crippen LogP contribution < -0.4 is 20.7 Å². The number of rotatable bonds is 6. The van der Waals surface area contributed by atoms with E-state index in [-0.39, 0.29) is 18.4 Å². The highest BCUT2D eigenvalue weighted by atomic mass is 16.5. The van der Waals surface area contributed by atoms with Crippen molar-refractivity contribution in [3.05, 3.63) is 88.9 Å². The van der Waals surface area contributed by atoms with Gasteiger partial charge in [-0.2, -0.15) is 0 Å². The van der Waals surface area contributed by atoms with E-state index in [2.05, 4.69) is 10.2 Å². The van der Waals surface area contributed by atoms with Crippen LogP contribution in [0.5, 0.6) is 5.75 Å². The average Bonchev–Trinajstić information content (AvgIpc) is 3.23. The molecule has 0 saturated carbocycles. The fourth-order valence-corrected chi connectivity index (χ4v) is 4.32. The largest absolute Gasteiger partial charge is 0.497 e. The van der Waals surface area contributed by atoms with Crippen LogP contribution in [-0.2, 0) is 11.3 Å². The summed E-state index contributed by atoms with van der Waals surface area (Å²) in [6.07, 6.45) is 0. The Hall–Kier alpha value is -4.53. The molecule has 9 heteroatoms. The fraction of sp³-hybridized carbons (Fsp3) is 0.222. The molecule has 0 atom stereocenters. The lowest BCUT2D eigenvalue weighted by Gasteiger charge is -2.36. The Labute approximate surface area is 207 Å². The second-order valence-electron chi connectivity index (χ2n) is 8.52. The van der Waals surface area contributed by atoms with Gasteiger partial charge in [-0.1, -0.05) is 18.2 Å². The minimum atomic E-state index is -0.629. The fourth-order valence-electron chi connectivity index (χ4n) is 4.32. The molecule has 4 aromatic rings. The van der Waals surface area contributed by atoms with Gasteiger partial charge in [-0.3, -0.25) is 14.2 Å². The summed E-state index contributed by atoms with van der Waals surface area (Å²) in [5, 5.41) is 2.82. The number of carbonyl (C=O) groups is 2. The van der Waals surface area contributed by atoms with Gasteiger partial charge in [0.15, 0.2) is 5.58 Å². The molecule has 0 spiro atoms. The summed E-state index contributed by atoms with van der Waals surface area (Å²) < 4.78 is 11.8. The summed E-state index contributed by atoms with van der Waals surface area (Å²) in [5.74, 6) is -0.320. The van der Waals surface area contributed by atoms with Crippen LogP contribution in [0.4, 0.5) is 11.4 Å². The third-order valence-electron chi connectivity index (χ3n) is 6.32. The summed E-state index contributed by atoms with van der Waals surface area (Å²) in [7, 11) is 1.63. The monoisotopic (exact) mass is 486 g/mol. The molecule has 1 aromatic heterocycles. The van der Waals surface area contributed by atoms with Gasteiger partial charge in [0.05, 0.1) is 12.6 Å². The molecule has 3 aromatic carbocycles. The summed E-state index contributed by atoms with van der Waals surface area (Å²) >= 11 is 0. The van der Waals surface area contributed by atoms with Crippen LogP contribution in [0.3, 0.4) is 0 Å². The van der Waals surface area contributed by atoms with Crippen LogP contribution in [0.15, 0.2) is 82.0 Å². The van der Waals surface area contributed by atoms with Gasteiger partial charge in [-0.15, -0.1) is 0 Å². The van der Waals surface area contributed by atoms with E-state index in [1.165, 1.54) is 4.57 Å². The zero-order chi connectivity index (χ0) is 25.1. The van der Waals surface area contributed by atoms with E-state index in [0.717, 1.165) is 11.4 Å². The Balaban J connectivity index is 1.27. The minimum absolute atomic E-state index is 0.155. The van der Waals surface area contributed by atoms with Crippen LogP contribution in [0.25, 0.3) is 11.1 Å². The number of methoxy groups -OCH3 is 1. The highest BCUT2D eigenvalue weighted by Crippen LogP contribution is 2.21. The summed E-state index contributed by atoms with van der Waals surface area (Å²) in [6.45, 7) is 2.30. The normalized spacial score (nSPS) is 13.6. The van der Waals surface area contributed by atoms with E-state index >= 15 is 0 Å². The second kappa shape index (κ2) is 9.99. The van der Waals surface area contributed by atoms with E-state index in [1.54, 1.807) is 42.3 Å². The molecule has 1 fully saturated rings. The molecule has 0 bridgehead atoms. The number of fused-ring (bicyclic) bond motifs is 1. The minimum Gasteiger partial charge on any atom is -0.497 e. The zero-order valence-corrected chi connectivity index (χ0v) is 19.8. The van der Waals surface area contributed by atoms with E-state index in [9.17, 15) is 14.4 Å². The van der Waals surface area contributed by atoms with Crippen molar-refractivity contribution in [2.45, 2.75) is 6.54 Å². The molecule has 0 unspecified atom stereocenters. The number of nitrogens with zero attached hydrogens (tertiary/aromatic N) is 3. The van der Waals surface area contributed by atoms with Crippen molar-refractivity contribution in [1.82, 2.24) is 9.47 Å².